The molecule has 1 saturated heterocycles. The summed E-state index contributed by atoms with van der Waals surface area (Å²) < 4.78 is 13.6. The molecule has 1 fully saturated rings. The molecule has 0 saturated carbocycles. The summed E-state index contributed by atoms with van der Waals surface area (Å²) in [6.07, 6.45) is 1.09. The minimum atomic E-state index is -0.239. The van der Waals surface area contributed by atoms with Crippen molar-refractivity contribution in [1.82, 2.24) is 5.32 Å². The number of benzene rings is 1. The third-order valence-electron chi connectivity index (χ3n) is 3.62. The van der Waals surface area contributed by atoms with Crippen LogP contribution in [0.25, 0.3) is 0 Å². The zero-order chi connectivity index (χ0) is 13.0. The van der Waals surface area contributed by atoms with Gasteiger partial charge in [0.2, 0.25) is 0 Å². The zero-order valence-corrected chi connectivity index (χ0v) is 10.9. The van der Waals surface area contributed by atoms with Crippen LogP contribution in [0.15, 0.2) is 18.2 Å². The first-order chi connectivity index (χ1) is 8.72. The molecule has 1 heterocycles. The largest absolute Gasteiger partial charge is 0.316 e. The summed E-state index contributed by atoms with van der Waals surface area (Å²) in [6, 6.07) is 5.32. The molecule has 2 atom stereocenters. The fourth-order valence-electron chi connectivity index (χ4n) is 2.57. The Hall–Kier alpha value is -0.970. The van der Waals surface area contributed by atoms with Crippen molar-refractivity contribution in [3.8, 4) is 0 Å². The Kier molecular flexibility index (Phi) is 4.69. The van der Waals surface area contributed by atoms with E-state index in [0.717, 1.165) is 19.5 Å². The van der Waals surface area contributed by atoms with Gasteiger partial charge in [-0.1, -0.05) is 19.1 Å². The highest BCUT2D eigenvalue weighted by molar-refractivity contribution is 5.28. The molecule has 0 bridgehead atoms. The van der Waals surface area contributed by atoms with E-state index in [1.807, 2.05) is 12.1 Å². The maximum atomic E-state index is 13.6. The van der Waals surface area contributed by atoms with Crippen molar-refractivity contribution in [2.24, 2.45) is 5.92 Å². The maximum Gasteiger partial charge on any atom is 0.128 e. The van der Waals surface area contributed by atoms with E-state index < -0.39 is 0 Å². The summed E-state index contributed by atoms with van der Waals surface area (Å²) in [5.74, 6) is 0.825. The standard InChI is InChI=1S/C14H20FNO2/c1-10-8-16-6-5-13(10)11-3-4-14(15)12(7-11)9-18-17-2/h3-4,7,10,13,16H,5-6,8-9H2,1-2H3/t10-,13-/m0/s1. The van der Waals surface area contributed by atoms with Crippen molar-refractivity contribution in [2.75, 3.05) is 20.2 Å². The molecular formula is C14H20FNO2. The molecule has 1 aliphatic heterocycles. The second kappa shape index (κ2) is 6.27. The molecule has 0 unspecified atom stereocenters. The fourth-order valence-corrected chi connectivity index (χ4v) is 2.57. The molecule has 1 N–H and O–H groups in total. The number of hydrogen-bond acceptors (Lipinski definition) is 3. The molecule has 0 amide bonds. The Labute approximate surface area is 107 Å². The molecule has 100 valence electrons. The van der Waals surface area contributed by atoms with Crippen LogP contribution in [0.2, 0.25) is 0 Å². The van der Waals surface area contributed by atoms with Crippen LogP contribution in [0.3, 0.4) is 0 Å². The lowest BCUT2D eigenvalue weighted by Gasteiger charge is -2.30. The highest BCUT2D eigenvalue weighted by Crippen LogP contribution is 2.31. The average Bonchev–Trinajstić information content (AvgIpc) is 2.39. The lowest BCUT2D eigenvalue weighted by atomic mass is 9.82. The van der Waals surface area contributed by atoms with E-state index in [0.29, 0.717) is 17.4 Å². The van der Waals surface area contributed by atoms with Crippen LogP contribution in [0.4, 0.5) is 4.39 Å². The van der Waals surface area contributed by atoms with Crippen molar-refractivity contribution in [1.29, 1.82) is 0 Å². The minimum Gasteiger partial charge on any atom is -0.316 e. The lowest BCUT2D eigenvalue weighted by molar-refractivity contribution is -0.282. The van der Waals surface area contributed by atoms with Crippen LogP contribution in [-0.4, -0.2) is 20.2 Å². The van der Waals surface area contributed by atoms with Gasteiger partial charge in [0.05, 0.1) is 7.11 Å². The predicted molar refractivity (Wildman–Crippen MR) is 67.6 cm³/mol. The molecule has 18 heavy (non-hydrogen) atoms. The van der Waals surface area contributed by atoms with Gasteiger partial charge in [-0.15, -0.1) is 0 Å². The minimum absolute atomic E-state index is 0.148. The number of rotatable bonds is 4. The topological polar surface area (TPSA) is 30.5 Å². The lowest BCUT2D eigenvalue weighted by Crippen LogP contribution is -2.33. The molecule has 0 radical (unpaired) electrons. The maximum absolute atomic E-state index is 13.6. The Bertz CT molecular complexity index is 397. The fraction of sp³-hybridized carbons (Fsp3) is 0.571. The summed E-state index contributed by atoms with van der Waals surface area (Å²) in [6.45, 7) is 4.42. The van der Waals surface area contributed by atoms with E-state index in [1.54, 1.807) is 0 Å². The molecule has 3 nitrogen and oxygen atoms in total. The van der Waals surface area contributed by atoms with Gasteiger partial charge in [0.1, 0.15) is 12.4 Å². The summed E-state index contributed by atoms with van der Waals surface area (Å²) in [5.41, 5.74) is 1.75. The van der Waals surface area contributed by atoms with Crippen molar-refractivity contribution in [2.45, 2.75) is 25.9 Å². The van der Waals surface area contributed by atoms with E-state index in [-0.39, 0.29) is 12.4 Å². The second-order valence-corrected chi connectivity index (χ2v) is 4.86. The highest BCUT2D eigenvalue weighted by Gasteiger charge is 2.23. The normalized spacial score (nSPS) is 24.2. The average molecular weight is 253 g/mol. The quantitative estimate of drug-likeness (QED) is 0.661. The summed E-state index contributed by atoms with van der Waals surface area (Å²) in [7, 11) is 1.43. The first-order valence-electron chi connectivity index (χ1n) is 6.37. The first kappa shape index (κ1) is 13.5. The molecular weight excluding hydrogens is 233 g/mol. The summed E-state index contributed by atoms with van der Waals surface area (Å²) in [5, 5.41) is 3.38. The van der Waals surface area contributed by atoms with Gasteiger partial charge in [0, 0.05) is 5.56 Å². The Balaban J connectivity index is 2.17. The van der Waals surface area contributed by atoms with E-state index >= 15 is 0 Å². The van der Waals surface area contributed by atoms with Crippen LogP contribution >= 0.6 is 0 Å². The predicted octanol–water partition coefficient (Wildman–Crippen LogP) is 2.62. The molecule has 4 heteroatoms. The smallest absolute Gasteiger partial charge is 0.128 e. The first-order valence-corrected chi connectivity index (χ1v) is 6.37. The Morgan fingerprint density at radius 3 is 3.00 bits per heavy atom. The summed E-state index contributed by atoms with van der Waals surface area (Å²) in [4.78, 5) is 9.35. The van der Waals surface area contributed by atoms with Gasteiger partial charge in [0.25, 0.3) is 0 Å². The zero-order valence-electron chi connectivity index (χ0n) is 10.9. The van der Waals surface area contributed by atoms with Crippen LogP contribution in [-0.2, 0) is 16.4 Å². The van der Waals surface area contributed by atoms with Gasteiger partial charge in [-0.05, 0) is 43.0 Å². The van der Waals surface area contributed by atoms with E-state index in [9.17, 15) is 4.39 Å². The van der Waals surface area contributed by atoms with Crippen molar-refractivity contribution < 1.29 is 14.2 Å². The van der Waals surface area contributed by atoms with Crippen LogP contribution < -0.4 is 5.32 Å². The van der Waals surface area contributed by atoms with E-state index in [2.05, 4.69) is 17.1 Å². The van der Waals surface area contributed by atoms with Crippen molar-refractivity contribution in [3.63, 3.8) is 0 Å². The number of nitrogens with one attached hydrogen (secondary N) is 1. The Morgan fingerprint density at radius 1 is 1.44 bits per heavy atom. The molecule has 0 aromatic heterocycles. The van der Waals surface area contributed by atoms with Crippen molar-refractivity contribution >= 4 is 0 Å². The molecule has 1 aliphatic rings. The third-order valence-corrected chi connectivity index (χ3v) is 3.62. The monoisotopic (exact) mass is 253 g/mol. The van der Waals surface area contributed by atoms with Crippen LogP contribution in [0.1, 0.15) is 30.4 Å². The van der Waals surface area contributed by atoms with E-state index in [1.165, 1.54) is 18.7 Å². The second-order valence-electron chi connectivity index (χ2n) is 4.86. The van der Waals surface area contributed by atoms with Crippen LogP contribution in [0, 0.1) is 11.7 Å². The third kappa shape index (κ3) is 3.07. The molecule has 1 aromatic rings. The van der Waals surface area contributed by atoms with Gasteiger partial charge in [-0.2, -0.15) is 0 Å². The number of halogens is 1. The number of piperidine rings is 1. The van der Waals surface area contributed by atoms with Gasteiger partial charge in [-0.25, -0.2) is 14.2 Å². The van der Waals surface area contributed by atoms with Gasteiger partial charge in [0.15, 0.2) is 0 Å². The molecule has 1 aromatic carbocycles. The highest BCUT2D eigenvalue weighted by atomic mass is 19.1. The van der Waals surface area contributed by atoms with Gasteiger partial charge >= 0.3 is 0 Å². The molecule has 2 rings (SSSR count). The van der Waals surface area contributed by atoms with E-state index in [4.69, 9.17) is 4.89 Å². The van der Waals surface area contributed by atoms with Gasteiger partial charge < -0.3 is 5.32 Å². The Morgan fingerprint density at radius 2 is 2.28 bits per heavy atom. The molecule has 0 aliphatic carbocycles. The number of hydrogen-bond donors (Lipinski definition) is 1. The van der Waals surface area contributed by atoms with Crippen molar-refractivity contribution in [3.05, 3.63) is 35.1 Å². The summed E-state index contributed by atoms with van der Waals surface area (Å²) >= 11 is 0. The molecule has 0 spiro atoms. The van der Waals surface area contributed by atoms with Gasteiger partial charge in [-0.3, -0.25) is 0 Å². The SMILES string of the molecule is COOCc1cc([C@H]2CCNC[C@@H]2C)ccc1F. The van der Waals surface area contributed by atoms with Crippen LogP contribution in [0.5, 0.6) is 0 Å².